The molecule has 0 aliphatic heterocycles. The molecule has 1 aromatic heterocycles. The van der Waals surface area contributed by atoms with E-state index in [2.05, 4.69) is 43.0 Å². The van der Waals surface area contributed by atoms with Crippen molar-refractivity contribution in [1.82, 2.24) is 9.97 Å². The maximum absolute atomic E-state index is 6.10. The molecule has 0 fully saturated rings. The summed E-state index contributed by atoms with van der Waals surface area (Å²) >= 11 is 6.10. The molecule has 108 valence electrons. The minimum Gasteiger partial charge on any atom is -0.380 e. The lowest BCUT2D eigenvalue weighted by molar-refractivity contribution is 0.132. The van der Waals surface area contributed by atoms with Crippen LogP contribution in [0.15, 0.2) is 6.33 Å². The summed E-state index contributed by atoms with van der Waals surface area (Å²) in [7, 11) is 0. The number of nitrogens with zero attached hydrogens (tertiary/aromatic N) is 2. The molecule has 0 bridgehead atoms. The van der Waals surface area contributed by atoms with Gasteiger partial charge in [-0.25, -0.2) is 9.97 Å². The summed E-state index contributed by atoms with van der Waals surface area (Å²) in [5.41, 5.74) is 0.964. The maximum atomic E-state index is 6.10. The van der Waals surface area contributed by atoms with Crippen molar-refractivity contribution in [2.75, 3.05) is 25.1 Å². The van der Waals surface area contributed by atoms with Gasteiger partial charge < -0.3 is 10.1 Å². The first-order chi connectivity index (χ1) is 9.02. The molecule has 0 atom stereocenters. The Morgan fingerprint density at radius 2 is 1.95 bits per heavy atom. The summed E-state index contributed by atoms with van der Waals surface area (Å²) in [6.45, 7) is 10.8. The number of rotatable bonds is 8. The van der Waals surface area contributed by atoms with Crippen molar-refractivity contribution >= 4 is 17.4 Å². The van der Waals surface area contributed by atoms with Crippen LogP contribution in [0.2, 0.25) is 5.15 Å². The third-order valence-electron chi connectivity index (χ3n) is 2.79. The van der Waals surface area contributed by atoms with Crippen molar-refractivity contribution in [2.24, 2.45) is 5.92 Å². The van der Waals surface area contributed by atoms with Gasteiger partial charge in [0.25, 0.3) is 0 Å². The van der Waals surface area contributed by atoms with Gasteiger partial charge in [0.2, 0.25) is 0 Å². The second-order valence-electron chi connectivity index (χ2n) is 5.30. The highest BCUT2D eigenvalue weighted by Crippen LogP contribution is 2.27. The Morgan fingerprint density at radius 1 is 1.21 bits per heavy atom. The normalized spacial score (nSPS) is 11.3. The predicted octanol–water partition coefficient (Wildman–Crippen LogP) is 3.73. The van der Waals surface area contributed by atoms with Crippen molar-refractivity contribution in [3.05, 3.63) is 17.0 Å². The molecule has 0 saturated carbocycles. The quantitative estimate of drug-likeness (QED) is 0.584. The number of anilines is 1. The standard InChI is InChI=1S/C14H24ClN3O/c1-10(2)5-7-19-8-6-16-14-12(11(3)4)13(15)17-9-18-14/h9-11H,5-8H2,1-4H3,(H,16,17,18). The van der Waals surface area contributed by atoms with E-state index in [1.807, 2.05) is 0 Å². The third-order valence-corrected chi connectivity index (χ3v) is 3.09. The fourth-order valence-electron chi connectivity index (χ4n) is 1.69. The Bertz CT molecular complexity index is 383. The second kappa shape index (κ2) is 8.33. The molecule has 1 aromatic rings. The number of nitrogens with one attached hydrogen (secondary N) is 1. The molecule has 0 radical (unpaired) electrons. The molecule has 1 N–H and O–H groups in total. The molecule has 19 heavy (non-hydrogen) atoms. The number of hydrogen-bond donors (Lipinski definition) is 1. The Labute approximate surface area is 120 Å². The fourth-order valence-corrected chi connectivity index (χ4v) is 2.04. The van der Waals surface area contributed by atoms with Crippen molar-refractivity contribution in [2.45, 2.75) is 40.0 Å². The van der Waals surface area contributed by atoms with Gasteiger partial charge in [0.15, 0.2) is 0 Å². The molecule has 0 aliphatic carbocycles. The van der Waals surface area contributed by atoms with E-state index in [0.717, 1.165) is 31.0 Å². The van der Waals surface area contributed by atoms with Crippen LogP contribution in [0.4, 0.5) is 5.82 Å². The lowest BCUT2D eigenvalue weighted by Gasteiger charge is -2.14. The van der Waals surface area contributed by atoms with Crippen molar-refractivity contribution in [1.29, 1.82) is 0 Å². The average molecular weight is 286 g/mol. The van der Waals surface area contributed by atoms with Gasteiger partial charge in [-0.05, 0) is 18.3 Å². The van der Waals surface area contributed by atoms with E-state index >= 15 is 0 Å². The van der Waals surface area contributed by atoms with E-state index in [4.69, 9.17) is 16.3 Å². The van der Waals surface area contributed by atoms with Crippen molar-refractivity contribution in [3.63, 3.8) is 0 Å². The van der Waals surface area contributed by atoms with Crippen LogP contribution in [-0.4, -0.2) is 29.7 Å². The molecule has 4 nitrogen and oxygen atoms in total. The highest BCUT2D eigenvalue weighted by atomic mass is 35.5. The summed E-state index contributed by atoms with van der Waals surface area (Å²) in [4.78, 5) is 8.27. The molecule has 0 aromatic carbocycles. The molecule has 0 aliphatic rings. The van der Waals surface area contributed by atoms with Crippen LogP contribution < -0.4 is 5.32 Å². The van der Waals surface area contributed by atoms with Gasteiger partial charge in [0.05, 0.1) is 6.61 Å². The fraction of sp³-hybridized carbons (Fsp3) is 0.714. The Morgan fingerprint density at radius 3 is 2.58 bits per heavy atom. The molecule has 0 spiro atoms. The van der Waals surface area contributed by atoms with Crippen molar-refractivity contribution in [3.8, 4) is 0 Å². The molecule has 0 unspecified atom stereocenters. The highest BCUT2D eigenvalue weighted by molar-refractivity contribution is 6.30. The zero-order valence-corrected chi connectivity index (χ0v) is 13.0. The molecular weight excluding hydrogens is 262 g/mol. The number of aromatic nitrogens is 2. The molecule has 0 saturated heterocycles. The van der Waals surface area contributed by atoms with Gasteiger partial charge in [-0.3, -0.25) is 0 Å². The minimum atomic E-state index is 0.290. The van der Waals surface area contributed by atoms with Crippen LogP contribution in [-0.2, 0) is 4.74 Å². The first-order valence-electron chi connectivity index (χ1n) is 6.84. The van der Waals surface area contributed by atoms with E-state index in [9.17, 15) is 0 Å². The highest BCUT2D eigenvalue weighted by Gasteiger charge is 2.12. The van der Waals surface area contributed by atoms with Crippen LogP contribution in [0.5, 0.6) is 0 Å². The summed E-state index contributed by atoms with van der Waals surface area (Å²) in [6, 6.07) is 0. The van der Waals surface area contributed by atoms with Gasteiger partial charge in [-0.1, -0.05) is 39.3 Å². The summed E-state index contributed by atoms with van der Waals surface area (Å²) in [5.74, 6) is 1.78. The Hall–Kier alpha value is -0.870. The van der Waals surface area contributed by atoms with Crippen LogP contribution >= 0.6 is 11.6 Å². The van der Waals surface area contributed by atoms with Gasteiger partial charge in [0.1, 0.15) is 17.3 Å². The largest absolute Gasteiger partial charge is 0.380 e. The Balaban J connectivity index is 2.39. The SMILES string of the molecule is CC(C)CCOCCNc1ncnc(Cl)c1C(C)C. The maximum Gasteiger partial charge on any atom is 0.138 e. The molecule has 1 rings (SSSR count). The van der Waals surface area contributed by atoms with Gasteiger partial charge in [-0.2, -0.15) is 0 Å². The van der Waals surface area contributed by atoms with Crippen molar-refractivity contribution < 1.29 is 4.74 Å². The zero-order chi connectivity index (χ0) is 14.3. The van der Waals surface area contributed by atoms with Gasteiger partial charge in [-0.15, -0.1) is 0 Å². The summed E-state index contributed by atoms with van der Waals surface area (Å²) in [6.07, 6.45) is 2.58. The number of ether oxygens (including phenoxy) is 1. The topological polar surface area (TPSA) is 47.0 Å². The van der Waals surface area contributed by atoms with Gasteiger partial charge >= 0.3 is 0 Å². The van der Waals surface area contributed by atoms with Crippen LogP contribution in [0.25, 0.3) is 0 Å². The Kier molecular flexibility index (Phi) is 7.10. The molecule has 5 heteroatoms. The summed E-state index contributed by atoms with van der Waals surface area (Å²) < 4.78 is 5.56. The van der Waals surface area contributed by atoms with Gasteiger partial charge in [0, 0.05) is 18.7 Å². The molecule has 1 heterocycles. The minimum absolute atomic E-state index is 0.290. The lowest BCUT2D eigenvalue weighted by Crippen LogP contribution is -2.14. The lowest BCUT2D eigenvalue weighted by atomic mass is 10.1. The average Bonchev–Trinajstić information content (AvgIpc) is 2.32. The molecule has 0 amide bonds. The van der Waals surface area contributed by atoms with E-state index in [1.54, 1.807) is 0 Å². The first-order valence-corrected chi connectivity index (χ1v) is 7.22. The number of hydrogen-bond acceptors (Lipinski definition) is 4. The number of halogens is 1. The van der Waals surface area contributed by atoms with E-state index in [-0.39, 0.29) is 5.92 Å². The smallest absolute Gasteiger partial charge is 0.138 e. The van der Waals surface area contributed by atoms with E-state index in [0.29, 0.717) is 17.7 Å². The van der Waals surface area contributed by atoms with E-state index < -0.39 is 0 Å². The summed E-state index contributed by atoms with van der Waals surface area (Å²) in [5, 5.41) is 3.78. The predicted molar refractivity (Wildman–Crippen MR) is 79.9 cm³/mol. The first kappa shape index (κ1) is 16.2. The second-order valence-corrected chi connectivity index (χ2v) is 5.66. The van der Waals surface area contributed by atoms with Crippen LogP contribution in [0, 0.1) is 5.92 Å². The van der Waals surface area contributed by atoms with Crippen LogP contribution in [0.3, 0.4) is 0 Å². The third kappa shape index (κ3) is 5.74. The van der Waals surface area contributed by atoms with Crippen LogP contribution in [0.1, 0.15) is 45.6 Å². The molecular formula is C14H24ClN3O. The van der Waals surface area contributed by atoms with E-state index in [1.165, 1.54) is 6.33 Å². The monoisotopic (exact) mass is 285 g/mol. The zero-order valence-electron chi connectivity index (χ0n) is 12.2.